The lowest BCUT2D eigenvalue weighted by Gasteiger charge is -2.35. The number of halogens is 1. The predicted octanol–water partition coefficient (Wildman–Crippen LogP) is 1.49. The van der Waals surface area contributed by atoms with Crippen molar-refractivity contribution in [1.29, 1.82) is 0 Å². The minimum atomic E-state index is -0.798. The third-order valence-electron chi connectivity index (χ3n) is 4.42. The van der Waals surface area contributed by atoms with Gasteiger partial charge in [-0.05, 0) is 31.2 Å². The molecule has 0 spiro atoms. The van der Waals surface area contributed by atoms with Crippen LogP contribution >= 0.6 is 0 Å². The molecule has 1 aliphatic rings. The Balaban J connectivity index is 2.14. The molecule has 1 aliphatic heterocycles. The SMILES string of the molecule is Cc1cc(C(CN2CCNCC2)N(C)CCC(=O)O)ccc1F. The number of hydrogen-bond donors (Lipinski definition) is 2. The molecule has 0 saturated carbocycles. The molecule has 1 fully saturated rings. The summed E-state index contributed by atoms with van der Waals surface area (Å²) >= 11 is 0. The van der Waals surface area contributed by atoms with Crippen LogP contribution < -0.4 is 5.32 Å². The lowest BCUT2D eigenvalue weighted by atomic mass is 10.0. The summed E-state index contributed by atoms with van der Waals surface area (Å²) in [5.74, 6) is -1.00. The summed E-state index contributed by atoms with van der Waals surface area (Å²) < 4.78 is 13.6. The maximum atomic E-state index is 13.6. The lowest BCUT2D eigenvalue weighted by Crippen LogP contribution is -2.47. The van der Waals surface area contributed by atoms with Gasteiger partial charge in [-0.15, -0.1) is 0 Å². The highest BCUT2D eigenvalue weighted by atomic mass is 19.1. The monoisotopic (exact) mass is 323 g/mol. The summed E-state index contributed by atoms with van der Waals surface area (Å²) in [7, 11) is 1.94. The van der Waals surface area contributed by atoms with E-state index in [0.29, 0.717) is 12.1 Å². The van der Waals surface area contributed by atoms with E-state index in [-0.39, 0.29) is 18.3 Å². The largest absolute Gasteiger partial charge is 0.481 e. The van der Waals surface area contributed by atoms with Crippen molar-refractivity contribution in [3.63, 3.8) is 0 Å². The van der Waals surface area contributed by atoms with Crippen molar-refractivity contribution >= 4 is 5.97 Å². The number of carbonyl (C=O) groups is 1. The Morgan fingerprint density at radius 1 is 1.43 bits per heavy atom. The van der Waals surface area contributed by atoms with E-state index < -0.39 is 5.97 Å². The number of benzene rings is 1. The molecule has 1 aromatic carbocycles. The molecule has 6 heteroatoms. The molecule has 0 amide bonds. The van der Waals surface area contributed by atoms with E-state index in [2.05, 4.69) is 15.1 Å². The van der Waals surface area contributed by atoms with Crippen molar-refractivity contribution in [1.82, 2.24) is 15.1 Å². The maximum Gasteiger partial charge on any atom is 0.304 e. The third kappa shape index (κ3) is 5.27. The van der Waals surface area contributed by atoms with Crippen LogP contribution in [0, 0.1) is 12.7 Å². The van der Waals surface area contributed by atoms with E-state index in [0.717, 1.165) is 38.3 Å². The summed E-state index contributed by atoms with van der Waals surface area (Å²) in [4.78, 5) is 15.3. The van der Waals surface area contributed by atoms with Gasteiger partial charge in [0.15, 0.2) is 0 Å². The van der Waals surface area contributed by atoms with E-state index in [1.807, 2.05) is 19.2 Å². The topological polar surface area (TPSA) is 55.8 Å². The number of carboxylic acid groups (broad SMARTS) is 1. The van der Waals surface area contributed by atoms with Crippen molar-refractivity contribution < 1.29 is 14.3 Å². The smallest absolute Gasteiger partial charge is 0.304 e. The normalized spacial score (nSPS) is 17.4. The van der Waals surface area contributed by atoms with Gasteiger partial charge in [-0.25, -0.2) is 4.39 Å². The van der Waals surface area contributed by atoms with Gasteiger partial charge in [0.25, 0.3) is 0 Å². The van der Waals surface area contributed by atoms with Gasteiger partial charge in [-0.1, -0.05) is 12.1 Å². The molecule has 2 rings (SSSR count). The summed E-state index contributed by atoms with van der Waals surface area (Å²) in [5.41, 5.74) is 1.66. The zero-order valence-electron chi connectivity index (χ0n) is 13.9. The van der Waals surface area contributed by atoms with Gasteiger partial charge < -0.3 is 10.4 Å². The Hall–Kier alpha value is -1.50. The zero-order chi connectivity index (χ0) is 16.8. The molecule has 128 valence electrons. The van der Waals surface area contributed by atoms with Gasteiger partial charge >= 0.3 is 5.97 Å². The van der Waals surface area contributed by atoms with Crippen LogP contribution in [0.25, 0.3) is 0 Å². The van der Waals surface area contributed by atoms with Crippen LogP contribution in [0.3, 0.4) is 0 Å². The van der Waals surface area contributed by atoms with E-state index in [1.54, 1.807) is 6.92 Å². The summed E-state index contributed by atoms with van der Waals surface area (Å²) in [6, 6.07) is 5.25. The second kappa shape index (κ2) is 8.38. The highest BCUT2D eigenvalue weighted by molar-refractivity contribution is 5.66. The number of nitrogens with zero attached hydrogens (tertiary/aromatic N) is 2. The molecule has 1 aromatic rings. The number of aryl methyl sites for hydroxylation is 1. The number of likely N-dealkylation sites (N-methyl/N-ethyl adjacent to an activating group) is 1. The Morgan fingerprint density at radius 3 is 2.74 bits per heavy atom. The fourth-order valence-electron chi connectivity index (χ4n) is 2.94. The van der Waals surface area contributed by atoms with Crippen LogP contribution in [0.5, 0.6) is 0 Å². The van der Waals surface area contributed by atoms with Crippen molar-refractivity contribution in [2.45, 2.75) is 19.4 Å². The van der Waals surface area contributed by atoms with Gasteiger partial charge in [-0.3, -0.25) is 14.6 Å². The lowest BCUT2D eigenvalue weighted by molar-refractivity contribution is -0.137. The number of piperazine rings is 1. The van der Waals surface area contributed by atoms with Gasteiger partial charge in [-0.2, -0.15) is 0 Å². The fraction of sp³-hybridized carbons (Fsp3) is 0.588. The molecule has 23 heavy (non-hydrogen) atoms. The van der Waals surface area contributed by atoms with Gasteiger partial charge in [0.05, 0.1) is 6.42 Å². The Labute approximate surface area is 137 Å². The molecule has 2 N–H and O–H groups in total. The minimum Gasteiger partial charge on any atom is -0.481 e. The Morgan fingerprint density at radius 2 is 2.13 bits per heavy atom. The molecule has 5 nitrogen and oxygen atoms in total. The number of hydrogen-bond acceptors (Lipinski definition) is 4. The first-order valence-electron chi connectivity index (χ1n) is 8.08. The van der Waals surface area contributed by atoms with Crippen LogP contribution in [0.2, 0.25) is 0 Å². The fourth-order valence-corrected chi connectivity index (χ4v) is 2.94. The molecule has 1 atom stereocenters. The van der Waals surface area contributed by atoms with Crippen LogP contribution in [-0.4, -0.2) is 67.2 Å². The number of aliphatic carboxylic acids is 1. The first-order valence-corrected chi connectivity index (χ1v) is 8.08. The molecule has 0 aromatic heterocycles. The Bertz CT molecular complexity index is 533. The highest BCUT2D eigenvalue weighted by Crippen LogP contribution is 2.23. The molecular weight excluding hydrogens is 297 g/mol. The van der Waals surface area contributed by atoms with Crippen molar-refractivity contribution in [3.8, 4) is 0 Å². The quantitative estimate of drug-likeness (QED) is 0.796. The number of carboxylic acids is 1. The summed E-state index contributed by atoms with van der Waals surface area (Å²) in [5, 5.41) is 12.3. The van der Waals surface area contributed by atoms with Gasteiger partial charge in [0.1, 0.15) is 5.82 Å². The average molecular weight is 323 g/mol. The average Bonchev–Trinajstić information content (AvgIpc) is 2.54. The molecule has 0 aliphatic carbocycles. The van der Waals surface area contributed by atoms with Crippen LogP contribution in [0.15, 0.2) is 18.2 Å². The highest BCUT2D eigenvalue weighted by Gasteiger charge is 2.22. The summed E-state index contributed by atoms with van der Waals surface area (Å²) in [6.07, 6.45) is 0.106. The van der Waals surface area contributed by atoms with Crippen LogP contribution in [0.1, 0.15) is 23.6 Å². The predicted molar refractivity (Wildman–Crippen MR) is 88.1 cm³/mol. The first kappa shape index (κ1) is 17.8. The molecule has 1 heterocycles. The first-order chi connectivity index (χ1) is 11.0. The number of rotatable bonds is 7. The van der Waals surface area contributed by atoms with Crippen LogP contribution in [0.4, 0.5) is 4.39 Å². The second-order valence-corrected chi connectivity index (χ2v) is 6.20. The van der Waals surface area contributed by atoms with E-state index >= 15 is 0 Å². The van der Waals surface area contributed by atoms with Crippen LogP contribution in [-0.2, 0) is 4.79 Å². The van der Waals surface area contributed by atoms with Crippen molar-refractivity contribution in [2.75, 3.05) is 46.3 Å². The molecule has 0 bridgehead atoms. The second-order valence-electron chi connectivity index (χ2n) is 6.20. The third-order valence-corrected chi connectivity index (χ3v) is 4.42. The molecular formula is C17H26FN3O2. The molecule has 1 unspecified atom stereocenters. The Kier molecular flexibility index (Phi) is 6.50. The zero-order valence-corrected chi connectivity index (χ0v) is 13.9. The van der Waals surface area contributed by atoms with Crippen molar-refractivity contribution in [3.05, 3.63) is 35.1 Å². The number of nitrogens with one attached hydrogen (secondary N) is 1. The molecule has 0 radical (unpaired) electrons. The van der Waals surface area contributed by atoms with E-state index in [4.69, 9.17) is 5.11 Å². The maximum absolute atomic E-state index is 13.6. The van der Waals surface area contributed by atoms with E-state index in [9.17, 15) is 9.18 Å². The summed E-state index contributed by atoms with van der Waals surface area (Å²) in [6.45, 7) is 6.94. The van der Waals surface area contributed by atoms with Gasteiger partial charge in [0, 0.05) is 45.3 Å². The molecule has 1 saturated heterocycles. The minimum absolute atomic E-state index is 0.0618. The van der Waals surface area contributed by atoms with Crippen molar-refractivity contribution in [2.24, 2.45) is 0 Å². The van der Waals surface area contributed by atoms with Gasteiger partial charge in [0.2, 0.25) is 0 Å². The van der Waals surface area contributed by atoms with E-state index in [1.165, 1.54) is 6.07 Å². The standard InChI is InChI=1S/C17H26FN3O2/c1-13-11-14(3-4-15(13)18)16(20(2)8-5-17(22)23)12-21-9-6-19-7-10-21/h3-4,11,16,19H,5-10,12H2,1-2H3,(H,22,23).